The molecule has 6 nitrogen and oxygen atoms in total. The van der Waals surface area contributed by atoms with E-state index in [9.17, 15) is 9.18 Å². The standard InChI is InChI=1S/C20H18FN5OS2/c1-3-26(19-22-15-10-6-7-11-16(15)29-19)17(27)12-28-20-24-23-18(25(20)2)13-8-4-5-9-14(13)21/h4-11H,3,12H2,1-2H3. The summed E-state index contributed by atoms with van der Waals surface area (Å²) in [4.78, 5) is 19.1. The Morgan fingerprint density at radius 2 is 1.93 bits per heavy atom. The highest BCUT2D eigenvalue weighted by atomic mass is 32.2. The first-order valence-electron chi connectivity index (χ1n) is 9.01. The van der Waals surface area contributed by atoms with Crippen molar-refractivity contribution in [3.63, 3.8) is 0 Å². The molecule has 0 bridgehead atoms. The molecular weight excluding hydrogens is 409 g/mol. The number of carbonyl (C=O) groups excluding carboxylic acids is 1. The molecule has 0 N–H and O–H groups in total. The summed E-state index contributed by atoms with van der Waals surface area (Å²) in [7, 11) is 1.76. The number of amides is 1. The number of rotatable bonds is 6. The number of hydrogen-bond donors (Lipinski definition) is 0. The van der Waals surface area contributed by atoms with E-state index in [1.165, 1.54) is 29.2 Å². The number of thiazole rings is 1. The number of carbonyl (C=O) groups is 1. The third-order valence-corrected chi connectivity index (χ3v) is 6.47. The second-order valence-electron chi connectivity index (χ2n) is 6.24. The van der Waals surface area contributed by atoms with E-state index in [0.29, 0.717) is 28.2 Å². The summed E-state index contributed by atoms with van der Waals surface area (Å²) in [6.45, 7) is 2.45. The number of thioether (sulfide) groups is 1. The Labute approximate surface area is 175 Å². The van der Waals surface area contributed by atoms with Gasteiger partial charge < -0.3 is 4.57 Å². The van der Waals surface area contributed by atoms with Crippen molar-refractivity contribution in [3.05, 3.63) is 54.3 Å². The molecule has 0 aliphatic rings. The van der Waals surface area contributed by atoms with Crippen molar-refractivity contribution in [1.29, 1.82) is 0 Å². The molecular formula is C20H18FN5OS2. The molecule has 0 unspecified atom stereocenters. The highest BCUT2D eigenvalue weighted by Crippen LogP contribution is 2.30. The fourth-order valence-corrected chi connectivity index (χ4v) is 4.75. The zero-order chi connectivity index (χ0) is 20.4. The first-order chi connectivity index (χ1) is 14.1. The van der Waals surface area contributed by atoms with Crippen LogP contribution in [-0.2, 0) is 11.8 Å². The van der Waals surface area contributed by atoms with Gasteiger partial charge in [0.1, 0.15) is 5.82 Å². The molecule has 2 aromatic heterocycles. The van der Waals surface area contributed by atoms with Gasteiger partial charge in [0.2, 0.25) is 5.91 Å². The largest absolute Gasteiger partial charge is 0.305 e. The van der Waals surface area contributed by atoms with Crippen LogP contribution in [0.2, 0.25) is 0 Å². The van der Waals surface area contributed by atoms with Crippen LogP contribution in [-0.4, -0.2) is 38.0 Å². The van der Waals surface area contributed by atoms with Gasteiger partial charge in [0.25, 0.3) is 0 Å². The fourth-order valence-electron chi connectivity index (χ4n) is 2.92. The Kier molecular flexibility index (Phi) is 5.59. The Morgan fingerprint density at radius 1 is 1.17 bits per heavy atom. The minimum absolute atomic E-state index is 0.0630. The van der Waals surface area contributed by atoms with Crippen molar-refractivity contribution >= 4 is 44.4 Å². The number of para-hydroxylation sites is 1. The van der Waals surface area contributed by atoms with Gasteiger partial charge >= 0.3 is 0 Å². The van der Waals surface area contributed by atoms with Gasteiger partial charge in [-0.15, -0.1) is 10.2 Å². The third-order valence-electron chi connectivity index (χ3n) is 4.41. The van der Waals surface area contributed by atoms with E-state index in [1.807, 2.05) is 31.2 Å². The van der Waals surface area contributed by atoms with Gasteiger partial charge in [-0.1, -0.05) is 47.4 Å². The average Bonchev–Trinajstić information content (AvgIpc) is 3.31. The van der Waals surface area contributed by atoms with Gasteiger partial charge in [-0.05, 0) is 31.2 Å². The molecule has 0 radical (unpaired) electrons. The Hall–Kier alpha value is -2.78. The summed E-state index contributed by atoms with van der Waals surface area (Å²) < 4.78 is 16.8. The monoisotopic (exact) mass is 427 g/mol. The number of hydrogen-bond acceptors (Lipinski definition) is 6. The lowest BCUT2D eigenvalue weighted by molar-refractivity contribution is -0.116. The lowest BCUT2D eigenvalue weighted by atomic mass is 10.2. The minimum Gasteiger partial charge on any atom is -0.305 e. The number of halogens is 1. The molecule has 0 atom stereocenters. The lowest BCUT2D eigenvalue weighted by Crippen LogP contribution is -2.32. The highest BCUT2D eigenvalue weighted by Gasteiger charge is 2.20. The van der Waals surface area contributed by atoms with Crippen molar-refractivity contribution in [2.45, 2.75) is 12.1 Å². The minimum atomic E-state index is -0.358. The highest BCUT2D eigenvalue weighted by molar-refractivity contribution is 7.99. The maximum absolute atomic E-state index is 14.1. The molecule has 9 heteroatoms. The van der Waals surface area contributed by atoms with Gasteiger partial charge in [-0.2, -0.15) is 0 Å². The van der Waals surface area contributed by atoms with Crippen LogP contribution in [0.3, 0.4) is 0 Å². The third kappa shape index (κ3) is 3.88. The topological polar surface area (TPSA) is 63.9 Å². The molecule has 4 aromatic rings. The SMILES string of the molecule is CCN(C(=O)CSc1nnc(-c2ccccc2F)n1C)c1nc2ccccc2s1. The summed E-state index contributed by atoms with van der Waals surface area (Å²) in [6.07, 6.45) is 0. The van der Waals surface area contributed by atoms with Crippen LogP contribution in [0.5, 0.6) is 0 Å². The normalized spacial score (nSPS) is 11.1. The molecule has 4 rings (SSSR count). The molecule has 0 spiro atoms. The Bertz CT molecular complexity index is 1140. The van der Waals surface area contributed by atoms with E-state index in [-0.39, 0.29) is 17.5 Å². The van der Waals surface area contributed by atoms with Crippen molar-refractivity contribution in [3.8, 4) is 11.4 Å². The van der Waals surface area contributed by atoms with Crippen LogP contribution in [0.4, 0.5) is 9.52 Å². The van der Waals surface area contributed by atoms with Gasteiger partial charge in [0.05, 0.1) is 21.5 Å². The van der Waals surface area contributed by atoms with E-state index >= 15 is 0 Å². The van der Waals surface area contributed by atoms with Gasteiger partial charge in [-0.25, -0.2) is 9.37 Å². The predicted molar refractivity (Wildman–Crippen MR) is 115 cm³/mol. The molecule has 0 aliphatic carbocycles. The number of benzene rings is 2. The van der Waals surface area contributed by atoms with E-state index in [0.717, 1.165) is 10.2 Å². The fraction of sp³-hybridized carbons (Fsp3) is 0.200. The average molecular weight is 428 g/mol. The van der Waals surface area contributed by atoms with Crippen LogP contribution in [0.1, 0.15) is 6.92 Å². The smallest absolute Gasteiger partial charge is 0.239 e. The number of nitrogens with zero attached hydrogens (tertiary/aromatic N) is 5. The second kappa shape index (κ2) is 8.30. The van der Waals surface area contributed by atoms with E-state index in [1.54, 1.807) is 34.7 Å². The van der Waals surface area contributed by atoms with Crippen LogP contribution in [0, 0.1) is 5.82 Å². The second-order valence-corrected chi connectivity index (χ2v) is 8.19. The summed E-state index contributed by atoms with van der Waals surface area (Å²) in [5.74, 6) is 0.194. The maximum Gasteiger partial charge on any atom is 0.239 e. The van der Waals surface area contributed by atoms with Crippen LogP contribution < -0.4 is 4.90 Å². The maximum atomic E-state index is 14.1. The zero-order valence-electron chi connectivity index (χ0n) is 15.9. The predicted octanol–water partition coefficient (Wildman–Crippen LogP) is 4.38. The van der Waals surface area contributed by atoms with Gasteiger partial charge in [0.15, 0.2) is 16.1 Å². The first kappa shape index (κ1) is 19.5. The van der Waals surface area contributed by atoms with Gasteiger partial charge in [-0.3, -0.25) is 9.69 Å². The quantitative estimate of drug-likeness (QED) is 0.428. The van der Waals surface area contributed by atoms with Crippen LogP contribution in [0.25, 0.3) is 21.6 Å². The van der Waals surface area contributed by atoms with E-state index in [2.05, 4.69) is 15.2 Å². The Morgan fingerprint density at radius 3 is 2.69 bits per heavy atom. The van der Waals surface area contributed by atoms with Crippen molar-refractivity contribution in [1.82, 2.24) is 19.7 Å². The molecule has 2 heterocycles. The molecule has 148 valence electrons. The molecule has 1 amide bonds. The van der Waals surface area contributed by atoms with Crippen LogP contribution >= 0.6 is 23.1 Å². The summed E-state index contributed by atoms with van der Waals surface area (Å²) >= 11 is 2.77. The first-order valence-corrected chi connectivity index (χ1v) is 10.8. The van der Waals surface area contributed by atoms with Gasteiger partial charge in [0, 0.05) is 13.6 Å². The molecule has 0 saturated carbocycles. The zero-order valence-corrected chi connectivity index (χ0v) is 17.5. The van der Waals surface area contributed by atoms with E-state index < -0.39 is 0 Å². The number of anilines is 1. The molecule has 2 aromatic carbocycles. The van der Waals surface area contributed by atoms with Crippen molar-refractivity contribution in [2.75, 3.05) is 17.2 Å². The summed E-state index contributed by atoms with van der Waals surface area (Å²) in [5.41, 5.74) is 1.26. The molecule has 0 fully saturated rings. The molecule has 0 saturated heterocycles. The summed E-state index contributed by atoms with van der Waals surface area (Å²) in [6, 6.07) is 14.2. The number of fused-ring (bicyclic) bond motifs is 1. The van der Waals surface area contributed by atoms with Crippen molar-refractivity contribution in [2.24, 2.45) is 7.05 Å². The lowest BCUT2D eigenvalue weighted by Gasteiger charge is -2.17. The van der Waals surface area contributed by atoms with Crippen LogP contribution in [0.15, 0.2) is 53.7 Å². The molecule has 0 aliphatic heterocycles. The van der Waals surface area contributed by atoms with E-state index in [4.69, 9.17) is 0 Å². The Balaban J connectivity index is 1.49. The summed E-state index contributed by atoms with van der Waals surface area (Å²) in [5, 5.41) is 9.45. The number of aromatic nitrogens is 4. The van der Waals surface area contributed by atoms with Crippen molar-refractivity contribution < 1.29 is 9.18 Å². The molecule has 29 heavy (non-hydrogen) atoms.